The lowest BCUT2D eigenvalue weighted by molar-refractivity contribution is 0.0889. The number of carbonyl (C=O) groups is 1. The molecule has 1 amide bonds. The number of nitrogens with one attached hydrogen (secondary N) is 1. The summed E-state index contributed by atoms with van der Waals surface area (Å²) in [5.74, 6) is 1.32. The average Bonchev–Trinajstić information content (AvgIpc) is 2.71. The zero-order chi connectivity index (χ0) is 20.3. The van der Waals surface area contributed by atoms with Crippen LogP contribution in [-0.4, -0.2) is 44.2 Å². The van der Waals surface area contributed by atoms with E-state index in [0.717, 1.165) is 25.3 Å². The van der Waals surface area contributed by atoms with E-state index in [4.69, 9.17) is 21.1 Å². The Labute approximate surface area is 171 Å². The number of halogens is 1. The van der Waals surface area contributed by atoms with Crippen molar-refractivity contribution >= 4 is 17.5 Å². The first-order chi connectivity index (χ1) is 13.5. The number of ether oxygens (including phenoxy) is 2. The highest BCUT2D eigenvalue weighted by Crippen LogP contribution is 2.39. The molecule has 150 valence electrons. The molecule has 28 heavy (non-hydrogen) atoms. The topological polar surface area (TPSA) is 50.8 Å². The predicted molar refractivity (Wildman–Crippen MR) is 112 cm³/mol. The SMILES string of the molecule is CCN1CCc2cc(OC)c(OC)cc2[C@@H]1[C@H](C)NC(=O)c1cccc(Cl)c1. The molecule has 0 radical (unpaired) electrons. The van der Waals surface area contributed by atoms with Crippen LogP contribution in [0.1, 0.15) is 41.4 Å². The van der Waals surface area contributed by atoms with Gasteiger partial charge in [-0.2, -0.15) is 0 Å². The number of benzene rings is 2. The largest absolute Gasteiger partial charge is 0.493 e. The van der Waals surface area contributed by atoms with E-state index in [1.807, 2.05) is 13.0 Å². The fourth-order valence-electron chi connectivity index (χ4n) is 3.97. The summed E-state index contributed by atoms with van der Waals surface area (Å²) >= 11 is 6.03. The van der Waals surface area contributed by atoms with E-state index < -0.39 is 0 Å². The smallest absolute Gasteiger partial charge is 0.251 e. The Hall–Kier alpha value is -2.24. The van der Waals surface area contributed by atoms with Gasteiger partial charge in [0, 0.05) is 23.2 Å². The molecule has 1 N–H and O–H groups in total. The maximum Gasteiger partial charge on any atom is 0.251 e. The minimum absolute atomic E-state index is 0.0525. The van der Waals surface area contributed by atoms with E-state index in [9.17, 15) is 4.79 Å². The van der Waals surface area contributed by atoms with E-state index >= 15 is 0 Å². The van der Waals surface area contributed by atoms with Crippen LogP contribution in [0.3, 0.4) is 0 Å². The fraction of sp³-hybridized carbons (Fsp3) is 0.409. The molecule has 2 aromatic rings. The highest BCUT2D eigenvalue weighted by molar-refractivity contribution is 6.30. The third-order valence-electron chi connectivity index (χ3n) is 5.35. The van der Waals surface area contributed by atoms with E-state index in [1.54, 1.807) is 38.5 Å². The fourth-order valence-corrected chi connectivity index (χ4v) is 4.16. The van der Waals surface area contributed by atoms with Crippen LogP contribution in [0.5, 0.6) is 11.5 Å². The van der Waals surface area contributed by atoms with Crippen LogP contribution < -0.4 is 14.8 Å². The third kappa shape index (κ3) is 4.10. The van der Waals surface area contributed by atoms with Crippen LogP contribution >= 0.6 is 11.6 Å². The van der Waals surface area contributed by atoms with Gasteiger partial charge in [0.25, 0.3) is 5.91 Å². The highest BCUT2D eigenvalue weighted by Gasteiger charge is 2.33. The Morgan fingerprint density at radius 1 is 1.25 bits per heavy atom. The number of fused-ring (bicyclic) bond motifs is 1. The van der Waals surface area contributed by atoms with Crippen LogP contribution in [0.25, 0.3) is 0 Å². The molecule has 1 heterocycles. The van der Waals surface area contributed by atoms with Crippen LogP contribution in [0.4, 0.5) is 0 Å². The van der Waals surface area contributed by atoms with Crippen LogP contribution in [0.2, 0.25) is 5.02 Å². The lowest BCUT2D eigenvalue weighted by Crippen LogP contribution is -2.47. The first-order valence-corrected chi connectivity index (χ1v) is 9.91. The van der Waals surface area contributed by atoms with Crippen molar-refractivity contribution in [1.82, 2.24) is 10.2 Å². The Bertz CT molecular complexity index is 856. The Morgan fingerprint density at radius 3 is 2.61 bits per heavy atom. The first-order valence-electron chi connectivity index (χ1n) is 9.53. The van der Waals surface area contributed by atoms with E-state index in [2.05, 4.69) is 23.2 Å². The lowest BCUT2D eigenvalue weighted by Gasteiger charge is -2.40. The third-order valence-corrected chi connectivity index (χ3v) is 5.59. The molecule has 0 saturated carbocycles. The summed E-state index contributed by atoms with van der Waals surface area (Å²) in [7, 11) is 3.29. The molecule has 3 rings (SSSR count). The zero-order valence-corrected chi connectivity index (χ0v) is 17.5. The minimum Gasteiger partial charge on any atom is -0.493 e. The summed E-state index contributed by atoms with van der Waals surface area (Å²) in [5.41, 5.74) is 2.96. The van der Waals surface area contributed by atoms with Gasteiger partial charge in [0.2, 0.25) is 0 Å². The number of methoxy groups -OCH3 is 2. The van der Waals surface area contributed by atoms with Gasteiger partial charge >= 0.3 is 0 Å². The maximum atomic E-state index is 12.7. The number of hydrogen-bond acceptors (Lipinski definition) is 4. The molecule has 5 nitrogen and oxygen atoms in total. The molecular formula is C22H27ClN2O3. The summed E-state index contributed by atoms with van der Waals surface area (Å²) in [6, 6.07) is 11.1. The van der Waals surface area contributed by atoms with Crippen molar-refractivity contribution in [3.05, 3.63) is 58.1 Å². The highest BCUT2D eigenvalue weighted by atomic mass is 35.5. The van der Waals surface area contributed by atoms with Gasteiger partial charge in [-0.15, -0.1) is 0 Å². The number of amides is 1. The number of rotatable bonds is 6. The molecule has 2 aromatic carbocycles. The van der Waals surface area contributed by atoms with Crippen LogP contribution in [0.15, 0.2) is 36.4 Å². The van der Waals surface area contributed by atoms with Gasteiger partial charge in [-0.25, -0.2) is 0 Å². The molecule has 0 saturated heterocycles. The average molecular weight is 403 g/mol. The molecular weight excluding hydrogens is 376 g/mol. The monoisotopic (exact) mass is 402 g/mol. The molecule has 0 spiro atoms. The lowest BCUT2D eigenvalue weighted by atomic mass is 9.88. The van der Waals surface area contributed by atoms with Crippen molar-refractivity contribution in [2.45, 2.75) is 32.4 Å². The van der Waals surface area contributed by atoms with Crippen molar-refractivity contribution in [2.75, 3.05) is 27.3 Å². The van der Waals surface area contributed by atoms with Crippen molar-refractivity contribution in [3.8, 4) is 11.5 Å². The molecule has 0 fully saturated rings. The van der Waals surface area contributed by atoms with Gasteiger partial charge in [-0.3, -0.25) is 9.69 Å². The molecule has 0 aliphatic carbocycles. The molecule has 0 aromatic heterocycles. The zero-order valence-electron chi connectivity index (χ0n) is 16.8. The Balaban J connectivity index is 1.91. The van der Waals surface area contributed by atoms with Gasteiger partial charge in [0.1, 0.15) is 0 Å². The van der Waals surface area contributed by atoms with Crippen molar-refractivity contribution in [1.29, 1.82) is 0 Å². The standard InChI is InChI=1S/C22H27ClN2O3/c1-5-25-10-9-15-12-19(27-3)20(28-4)13-18(15)21(25)14(2)24-22(26)16-7-6-8-17(23)11-16/h6-8,11-14,21H,5,9-10H2,1-4H3,(H,24,26)/t14-,21-/m0/s1. The molecule has 0 bridgehead atoms. The summed E-state index contributed by atoms with van der Waals surface area (Å²) in [6.45, 7) is 6.02. The van der Waals surface area contributed by atoms with Gasteiger partial charge in [0.15, 0.2) is 11.5 Å². The Morgan fingerprint density at radius 2 is 1.96 bits per heavy atom. The number of hydrogen-bond donors (Lipinski definition) is 1. The summed E-state index contributed by atoms with van der Waals surface area (Å²) < 4.78 is 11.0. The predicted octanol–water partition coefficient (Wildman–Crippen LogP) is 4.09. The van der Waals surface area contributed by atoms with E-state index in [-0.39, 0.29) is 18.0 Å². The van der Waals surface area contributed by atoms with Gasteiger partial charge in [0.05, 0.1) is 20.3 Å². The van der Waals surface area contributed by atoms with E-state index in [0.29, 0.717) is 16.3 Å². The van der Waals surface area contributed by atoms with Crippen molar-refractivity contribution < 1.29 is 14.3 Å². The first kappa shape index (κ1) is 20.5. The van der Waals surface area contributed by atoms with Gasteiger partial charge < -0.3 is 14.8 Å². The number of likely N-dealkylation sites (N-methyl/N-ethyl adjacent to an activating group) is 1. The van der Waals surface area contributed by atoms with E-state index in [1.165, 1.54) is 11.1 Å². The maximum absolute atomic E-state index is 12.7. The van der Waals surface area contributed by atoms with Crippen LogP contribution in [-0.2, 0) is 6.42 Å². The normalized spacial score (nSPS) is 17.5. The molecule has 1 aliphatic rings. The molecule has 0 unspecified atom stereocenters. The number of carbonyl (C=O) groups excluding carboxylic acids is 1. The summed E-state index contributed by atoms with van der Waals surface area (Å²) in [4.78, 5) is 15.1. The second-order valence-electron chi connectivity index (χ2n) is 7.00. The Kier molecular flexibility index (Phi) is 6.47. The second-order valence-corrected chi connectivity index (χ2v) is 7.44. The van der Waals surface area contributed by atoms with Gasteiger partial charge in [-0.05, 0) is 61.3 Å². The van der Waals surface area contributed by atoms with Crippen molar-refractivity contribution in [2.24, 2.45) is 0 Å². The minimum atomic E-state index is -0.126. The summed E-state index contributed by atoms with van der Waals surface area (Å²) in [5, 5.41) is 3.70. The molecule has 2 atom stereocenters. The quantitative estimate of drug-likeness (QED) is 0.790. The molecule has 6 heteroatoms. The van der Waals surface area contributed by atoms with Crippen LogP contribution in [0, 0.1) is 0 Å². The second kappa shape index (κ2) is 8.84. The summed E-state index contributed by atoms with van der Waals surface area (Å²) in [6.07, 6.45) is 0.939. The number of nitrogens with zero attached hydrogens (tertiary/aromatic N) is 1. The van der Waals surface area contributed by atoms with Crippen molar-refractivity contribution in [3.63, 3.8) is 0 Å². The van der Waals surface area contributed by atoms with Gasteiger partial charge in [-0.1, -0.05) is 24.6 Å². The molecule has 1 aliphatic heterocycles.